The van der Waals surface area contributed by atoms with Gasteiger partial charge in [0.05, 0.1) is 18.3 Å². The molecule has 2 heterocycles. The summed E-state index contributed by atoms with van der Waals surface area (Å²) in [5, 5.41) is 0.797. The van der Waals surface area contributed by atoms with Crippen LogP contribution in [-0.2, 0) is 12.8 Å². The van der Waals surface area contributed by atoms with Crippen molar-refractivity contribution in [3.05, 3.63) is 45.1 Å². The lowest BCUT2D eigenvalue weighted by Crippen LogP contribution is -2.21. The highest BCUT2D eigenvalue weighted by Crippen LogP contribution is 2.36. The molecule has 6 heteroatoms. The second-order valence-electron chi connectivity index (χ2n) is 7.30. The molecule has 27 heavy (non-hydrogen) atoms. The highest BCUT2D eigenvalue weighted by molar-refractivity contribution is 7.99. The molecule has 1 aromatic carbocycles. The van der Waals surface area contributed by atoms with Crippen LogP contribution in [0.15, 0.2) is 34.2 Å². The highest BCUT2D eigenvalue weighted by Gasteiger charge is 2.23. The minimum absolute atomic E-state index is 0.0524. The topological polar surface area (TPSA) is 44.1 Å². The number of thiophene rings is 1. The molecule has 0 aliphatic heterocycles. The van der Waals surface area contributed by atoms with Crippen LogP contribution < -0.4 is 10.3 Å². The first kappa shape index (κ1) is 18.6. The van der Waals surface area contributed by atoms with Gasteiger partial charge in [0.15, 0.2) is 5.16 Å². The van der Waals surface area contributed by atoms with Gasteiger partial charge in [-0.1, -0.05) is 25.6 Å². The standard InChI is InChI=1S/C21H24N2O2S2/c1-13(2)11-12-26-21-22-18-16-5-4-6-17(16)27-19(18)20(24)23(21)14-7-9-15(25-3)10-8-14/h7-10,13H,4-6,11-12H2,1-3H3. The van der Waals surface area contributed by atoms with Crippen LogP contribution in [0.3, 0.4) is 0 Å². The predicted octanol–water partition coefficient (Wildman–Crippen LogP) is 5.08. The largest absolute Gasteiger partial charge is 0.497 e. The van der Waals surface area contributed by atoms with Gasteiger partial charge >= 0.3 is 0 Å². The molecule has 0 spiro atoms. The first-order valence-electron chi connectivity index (χ1n) is 9.43. The lowest BCUT2D eigenvalue weighted by molar-refractivity contribution is 0.414. The maximum absolute atomic E-state index is 13.4. The summed E-state index contributed by atoms with van der Waals surface area (Å²) in [7, 11) is 1.65. The quantitative estimate of drug-likeness (QED) is 0.427. The lowest BCUT2D eigenvalue weighted by atomic mass is 10.2. The zero-order chi connectivity index (χ0) is 19.0. The molecule has 2 aromatic heterocycles. The summed E-state index contributed by atoms with van der Waals surface area (Å²) in [5.74, 6) is 2.37. The Balaban J connectivity index is 1.85. The fourth-order valence-corrected chi connectivity index (χ4v) is 5.93. The van der Waals surface area contributed by atoms with Crippen molar-refractivity contribution in [2.24, 2.45) is 5.92 Å². The minimum Gasteiger partial charge on any atom is -0.497 e. The van der Waals surface area contributed by atoms with E-state index in [1.54, 1.807) is 34.8 Å². The average Bonchev–Trinajstić information content (AvgIpc) is 3.24. The number of fused-ring (bicyclic) bond motifs is 3. The van der Waals surface area contributed by atoms with E-state index in [-0.39, 0.29) is 5.56 Å². The van der Waals surface area contributed by atoms with Crippen molar-refractivity contribution in [1.82, 2.24) is 9.55 Å². The Labute approximate surface area is 167 Å². The van der Waals surface area contributed by atoms with Crippen LogP contribution in [-0.4, -0.2) is 22.4 Å². The summed E-state index contributed by atoms with van der Waals surface area (Å²) in [6.45, 7) is 4.44. The molecule has 4 rings (SSSR count). The Kier molecular flexibility index (Phi) is 5.28. The number of nitrogens with zero attached hydrogens (tertiary/aromatic N) is 2. The number of aromatic nitrogens is 2. The molecular weight excluding hydrogens is 376 g/mol. The van der Waals surface area contributed by atoms with Gasteiger partial charge in [-0.2, -0.15) is 0 Å². The van der Waals surface area contributed by atoms with Crippen molar-refractivity contribution in [1.29, 1.82) is 0 Å². The molecule has 0 N–H and O–H groups in total. The molecule has 0 fully saturated rings. The summed E-state index contributed by atoms with van der Waals surface area (Å²) in [5.41, 5.74) is 3.14. The molecule has 142 valence electrons. The number of methoxy groups -OCH3 is 1. The van der Waals surface area contributed by atoms with E-state index in [0.717, 1.165) is 51.8 Å². The number of benzene rings is 1. The first-order valence-corrected chi connectivity index (χ1v) is 11.2. The van der Waals surface area contributed by atoms with Gasteiger partial charge in [-0.25, -0.2) is 4.98 Å². The molecule has 0 unspecified atom stereocenters. The zero-order valence-corrected chi connectivity index (χ0v) is 17.6. The van der Waals surface area contributed by atoms with E-state index in [1.807, 2.05) is 24.3 Å². The maximum Gasteiger partial charge on any atom is 0.276 e. The van der Waals surface area contributed by atoms with Crippen molar-refractivity contribution in [2.75, 3.05) is 12.9 Å². The van der Waals surface area contributed by atoms with E-state index in [9.17, 15) is 4.79 Å². The van der Waals surface area contributed by atoms with Crippen LogP contribution in [0.5, 0.6) is 5.75 Å². The predicted molar refractivity (Wildman–Crippen MR) is 114 cm³/mol. The second kappa shape index (κ2) is 7.68. The molecule has 0 saturated carbocycles. The summed E-state index contributed by atoms with van der Waals surface area (Å²) in [6, 6.07) is 7.65. The van der Waals surface area contributed by atoms with Gasteiger partial charge < -0.3 is 4.74 Å². The number of hydrogen-bond acceptors (Lipinski definition) is 5. The Morgan fingerprint density at radius 3 is 2.74 bits per heavy atom. The van der Waals surface area contributed by atoms with Gasteiger partial charge in [-0.3, -0.25) is 9.36 Å². The third kappa shape index (κ3) is 3.52. The van der Waals surface area contributed by atoms with Gasteiger partial charge in [0.25, 0.3) is 5.56 Å². The van der Waals surface area contributed by atoms with Crippen molar-refractivity contribution in [3.8, 4) is 11.4 Å². The van der Waals surface area contributed by atoms with E-state index in [0.29, 0.717) is 5.92 Å². The van der Waals surface area contributed by atoms with E-state index in [4.69, 9.17) is 9.72 Å². The van der Waals surface area contributed by atoms with Crippen LogP contribution in [0.4, 0.5) is 0 Å². The van der Waals surface area contributed by atoms with Gasteiger partial charge in [0.2, 0.25) is 0 Å². The second-order valence-corrected chi connectivity index (χ2v) is 9.47. The van der Waals surface area contributed by atoms with E-state index >= 15 is 0 Å². The summed E-state index contributed by atoms with van der Waals surface area (Å²) >= 11 is 3.32. The van der Waals surface area contributed by atoms with Crippen molar-refractivity contribution in [3.63, 3.8) is 0 Å². The van der Waals surface area contributed by atoms with Crippen LogP contribution in [0, 0.1) is 5.92 Å². The average molecular weight is 401 g/mol. The molecule has 3 aromatic rings. The van der Waals surface area contributed by atoms with Gasteiger partial charge in [0, 0.05) is 10.6 Å². The smallest absolute Gasteiger partial charge is 0.276 e. The zero-order valence-electron chi connectivity index (χ0n) is 15.9. The minimum atomic E-state index is 0.0524. The Morgan fingerprint density at radius 1 is 1.26 bits per heavy atom. The van der Waals surface area contributed by atoms with Crippen molar-refractivity contribution < 1.29 is 4.74 Å². The maximum atomic E-state index is 13.4. The number of ether oxygens (including phenoxy) is 1. The van der Waals surface area contributed by atoms with Gasteiger partial charge in [-0.05, 0) is 61.4 Å². The Morgan fingerprint density at radius 2 is 2.04 bits per heavy atom. The highest BCUT2D eigenvalue weighted by atomic mass is 32.2. The van der Waals surface area contributed by atoms with Gasteiger partial charge in [-0.15, -0.1) is 11.3 Å². The SMILES string of the molecule is COc1ccc(-n2c(SCCC(C)C)nc3c4c(sc3c2=O)CCC4)cc1. The third-order valence-electron chi connectivity index (χ3n) is 4.95. The third-order valence-corrected chi connectivity index (χ3v) is 7.19. The monoisotopic (exact) mass is 400 g/mol. The Bertz CT molecular complexity index is 1020. The van der Waals surface area contributed by atoms with E-state index in [2.05, 4.69) is 13.8 Å². The first-order chi connectivity index (χ1) is 13.1. The number of hydrogen-bond donors (Lipinski definition) is 0. The molecule has 1 aliphatic rings. The molecule has 4 nitrogen and oxygen atoms in total. The van der Waals surface area contributed by atoms with Crippen LogP contribution in [0.1, 0.15) is 37.1 Å². The number of rotatable bonds is 6. The molecular formula is C21H24N2O2S2. The van der Waals surface area contributed by atoms with Crippen molar-refractivity contribution in [2.45, 2.75) is 44.7 Å². The Hall–Kier alpha value is -1.79. The number of aryl methyl sites for hydroxylation is 2. The molecule has 0 atom stereocenters. The van der Waals surface area contributed by atoms with Crippen molar-refractivity contribution >= 4 is 33.3 Å². The van der Waals surface area contributed by atoms with Gasteiger partial charge in [0.1, 0.15) is 10.4 Å². The molecule has 0 radical (unpaired) electrons. The molecule has 0 bridgehead atoms. The molecule has 0 amide bonds. The summed E-state index contributed by atoms with van der Waals surface area (Å²) in [4.78, 5) is 19.7. The van der Waals surface area contributed by atoms with Crippen LogP contribution in [0.25, 0.3) is 15.9 Å². The van der Waals surface area contributed by atoms with E-state index < -0.39 is 0 Å². The van der Waals surface area contributed by atoms with Crippen LogP contribution >= 0.6 is 23.1 Å². The summed E-state index contributed by atoms with van der Waals surface area (Å²) in [6.07, 6.45) is 4.40. The fourth-order valence-electron chi connectivity index (χ4n) is 3.43. The normalized spacial score (nSPS) is 13.5. The molecule has 0 saturated heterocycles. The lowest BCUT2D eigenvalue weighted by Gasteiger charge is -2.13. The van der Waals surface area contributed by atoms with Crippen LogP contribution in [0.2, 0.25) is 0 Å². The number of thioether (sulfide) groups is 1. The summed E-state index contributed by atoms with van der Waals surface area (Å²) < 4.78 is 7.83. The van der Waals surface area contributed by atoms with E-state index in [1.165, 1.54) is 16.9 Å². The molecule has 1 aliphatic carbocycles. The fraction of sp³-hybridized carbons (Fsp3) is 0.429.